The Morgan fingerprint density at radius 3 is 2.73 bits per heavy atom. The van der Waals surface area contributed by atoms with E-state index in [4.69, 9.17) is 0 Å². The molecule has 1 N–H and O–H groups in total. The Kier molecular flexibility index (Phi) is 4.60. The Balaban J connectivity index is 2.74. The van der Waals surface area contributed by atoms with Crippen LogP contribution in [-0.2, 0) is 16.4 Å². The molecule has 0 spiro atoms. The summed E-state index contributed by atoms with van der Waals surface area (Å²) in [5, 5.41) is 0.955. The zero-order valence-corrected chi connectivity index (χ0v) is 10.9. The van der Waals surface area contributed by atoms with Gasteiger partial charge < -0.3 is 0 Å². The van der Waals surface area contributed by atoms with Crippen LogP contribution in [0.15, 0.2) is 24.3 Å². The summed E-state index contributed by atoms with van der Waals surface area (Å²) in [6.45, 7) is 0. The van der Waals surface area contributed by atoms with Gasteiger partial charge >= 0.3 is 0 Å². The van der Waals surface area contributed by atoms with Gasteiger partial charge in [0.15, 0.2) is 0 Å². The van der Waals surface area contributed by atoms with Crippen LogP contribution in [0, 0.1) is 0 Å². The third-order valence-electron chi connectivity index (χ3n) is 1.83. The summed E-state index contributed by atoms with van der Waals surface area (Å²) < 4.78 is 24.5. The van der Waals surface area contributed by atoms with E-state index in [1.54, 1.807) is 6.07 Å². The maximum Gasteiger partial charge on any atom is 0.229 e. The number of halogens is 1. The molecule has 0 aliphatic carbocycles. The van der Waals surface area contributed by atoms with Crippen molar-refractivity contribution in [2.75, 3.05) is 16.3 Å². The molecule has 0 aromatic heterocycles. The molecule has 84 valence electrons. The van der Waals surface area contributed by atoms with Crippen LogP contribution in [0.1, 0.15) is 12.0 Å². The van der Waals surface area contributed by atoms with Crippen LogP contribution >= 0.6 is 15.9 Å². The van der Waals surface area contributed by atoms with E-state index < -0.39 is 10.0 Å². The summed E-state index contributed by atoms with van der Waals surface area (Å²) in [6, 6.07) is 7.47. The molecule has 0 fully saturated rings. The number of hydrogen-bond donors (Lipinski definition) is 1. The number of hydrogen-bond acceptors (Lipinski definition) is 2. The normalized spacial score (nSPS) is 11.3. The van der Waals surface area contributed by atoms with E-state index in [1.807, 2.05) is 18.2 Å². The molecule has 1 aromatic carbocycles. The minimum atomic E-state index is -3.17. The van der Waals surface area contributed by atoms with E-state index in [2.05, 4.69) is 20.7 Å². The number of rotatable bonds is 5. The molecule has 5 heteroatoms. The van der Waals surface area contributed by atoms with E-state index in [-0.39, 0.29) is 0 Å². The van der Waals surface area contributed by atoms with Gasteiger partial charge in [-0.25, -0.2) is 8.42 Å². The highest BCUT2D eigenvalue weighted by atomic mass is 79.9. The molecular weight excluding hydrogens is 278 g/mol. The second-order valence-corrected chi connectivity index (χ2v) is 5.91. The molecule has 1 rings (SSSR count). The Bertz CT molecular complexity index is 417. The molecule has 0 saturated carbocycles. The highest BCUT2D eigenvalue weighted by molar-refractivity contribution is 9.09. The zero-order valence-electron chi connectivity index (χ0n) is 8.53. The van der Waals surface area contributed by atoms with Gasteiger partial charge in [-0.15, -0.1) is 0 Å². The molecule has 0 saturated heterocycles. The summed E-state index contributed by atoms with van der Waals surface area (Å²) >= 11 is 3.36. The molecule has 0 aliphatic heterocycles. The molecule has 0 aliphatic rings. The van der Waals surface area contributed by atoms with Crippen molar-refractivity contribution in [3.8, 4) is 0 Å². The number of aryl methyl sites for hydroxylation is 1. The fraction of sp³-hybridized carbons (Fsp3) is 0.400. The summed E-state index contributed by atoms with van der Waals surface area (Å²) in [4.78, 5) is 0. The van der Waals surface area contributed by atoms with Crippen molar-refractivity contribution < 1.29 is 8.42 Å². The first kappa shape index (κ1) is 12.5. The Morgan fingerprint density at radius 2 is 2.13 bits per heavy atom. The van der Waals surface area contributed by atoms with Gasteiger partial charge in [0.1, 0.15) is 0 Å². The van der Waals surface area contributed by atoms with Crippen molar-refractivity contribution >= 4 is 31.6 Å². The van der Waals surface area contributed by atoms with Crippen molar-refractivity contribution in [3.05, 3.63) is 29.8 Å². The topological polar surface area (TPSA) is 46.2 Å². The van der Waals surface area contributed by atoms with Crippen LogP contribution in [0.3, 0.4) is 0 Å². The number of alkyl halides is 1. The summed E-state index contributed by atoms with van der Waals surface area (Å²) in [7, 11) is -3.17. The zero-order chi connectivity index (χ0) is 11.3. The van der Waals surface area contributed by atoms with Crippen molar-refractivity contribution in [3.63, 3.8) is 0 Å². The minimum Gasteiger partial charge on any atom is -0.284 e. The summed E-state index contributed by atoms with van der Waals surface area (Å²) in [5.74, 6) is 0. The summed E-state index contributed by atoms with van der Waals surface area (Å²) in [5.41, 5.74) is 1.77. The molecule has 0 amide bonds. The fourth-order valence-electron chi connectivity index (χ4n) is 1.28. The molecule has 15 heavy (non-hydrogen) atoms. The second-order valence-electron chi connectivity index (χ2n) is 3.37. The standard InChI is InChI=1S/C10H14BrNO2S/c1-15(13,14)12-10-6-2-4-9(8-10)5-3-7-11/h2,4,6,8,12H,3,5,7H2,1H3. The molecule has 1 aromatic rings. The van der Waals surface area contributed by atoms with E-state index in [1.165, 1.54) is 0 Å². The predicted octanol–water partition coefficient (Wildman–Crippen LogP) is 2.39. The molecule has 0 atom stereocenters. The number of sulfonamides is 1. The molecule has 0 radical (unpaired) electrons. The van der Waals surface area contributed by atoms with Crippen LogP contribution in [0.4, 0.5) is 5.69 Å². The number of nitrogens with one attached hydrogen (secondary N) is 1. The molecule has 0 bridgehead atoms. The van der Waals surface area contributed by atoms with Gasteiger partial charge in [0.05, 0.1) is 6.26 Å². The predicted molar refractivity (Wildman–Crippen MR) is 67.0 cm³/mol. The van der Waals surface area contributed by atoms with Gasteiger partial charge in [0.25, 0.3) is 0 Å². The van der Waals surface area contributed by atoms with Crippen molar-refractivity contribution in [2.24, 2.45) is 0 Å². The van der Waals surface area contributed by atoms with Gasteiger partial charge in [-0.1, -0.05) is 28.1 Å². The van der Waals surface area contributed by atoms with Crippen LogP contribution < -0.4 is 4.72 Å². The van der Waals surface area contributed by atoms with E-state index in [9.17, 15) is 8.42 Å². The highest BCUT2D eigenvalue weighted by Crippen LogP contribution is 2.13. The molecule has 3 nitrogen and oxygen atoms in total. The number of benzene rings is 1. The van der Waals surface area contributed by atoms with E-state index in [0.717, 1.165) is 30.0 Å². The van der Waals surface area contributed by atoms with Crippen LogP contribution in [-0.4, -0.2) is 20.0 Å². The smallest absolute Gasteiger partial charge is 0.229 e. The van der Waals surface area contributed by atoms with Gasteiger partial charge in [-0.2, -0.15) is 0 Å². The van der Waals surface area contributed by atoms with Crippen molar-refractivity contribution in [2.45, 2.75) is 12.8 Å². The van der Waals surface area contributed by atoms with Crippen LogP contribution in [0.5, 0.6) is 0 Å². The Hall–Kier alpha value is -0.550. The number of anilines is 1. The van der Waals surface area contributed by atoms with E-state index >= 15 is 0 Å². The third-order valence-corrected chi connectivity index (χ3v) is 3.00. The lowest BCUT2D eigenvalue weighted by atomic mass is 10.1. The molecule has 0 heterocycles. The molecule has 0 unspecified atom stereocenters. The first-order chi connectivity index (χ1) is 7.01. The largest absolute Gasteiger partial charge is 0.284 e. The lowest BCUT2D eigenvalue weighted by Gasteiger charge is -2.05. The average Bonchev–Trinajstić information content (AvgIpc) is 2.12. The fourth-order valence-corrected chi connectivity index (χ4v) is 2.11. The van der Waals surface area contributed by atoms with Gasteiger partial charge in [-0.05, 0) is 30.5 Å². The van der Waals surface area contributed by atoms with Gasteiger partial charge in [0.2, 0.25) is 10.0 Å². The maximum atomic E-state index is 11.0. The first-order valence-electron chi connectivity index (χ1n) is 4.64. The third kappa shape index (κ3) is 5.18. The van der Waals surface area contributed by atoms with Gasteiger partial charge in [0, 0.05) is 11.0 Å². The lowest BCUT2D eigenvalue weighted by Crippen LogP contribution is -2.09. The summed E-state index contributed by atoms with van der Waals surface area (Å²) in [6.07, 6.45) is 3.14. The van der Waals surface area contributed by atoms with Crippen LogP contribution in [0.25, 0.3) is 0 Å². The lowest BCUT2D eigenvalue weighted by molar-refractivity contribution is 0.607. The average molecular weight is 292 g/mol. The SMILES string of the molecule is CS(=O)(=O)Nc1cccc(CCCBr)c1. The maximum absolute atomic E-state index is 11.0. The Morgan fingerprint density at radius 1 is 1.40 bits per heavy atom. The highest BCUT2D eigenvalue weighted by Gasteiger charge is 2.01. The minimum absolute atomic E-state index is 0.629. The van der Waals surface area contributed by atoms with Gasteiger partial charge in [-0.3, -0.25) is 4.72 Å². The van der Waals surface area contributed by atoms with Crippen molar-refractivity contribution in [1.82, 2.24) is 0 Å². The van der Waals surface area contributed by atoms with Crippen molar-refractivity contribution in [1.29, 1.82) is 0 Å². The molecular formula is C10H14BrNO2S. The quantitative estimate of drug-likeness (QED) is 0.847. The van der Waals surface area contributed by atoms with E-state index in [0.29, 0.717) is 5.69 Å². The first-order valence-corrected chi connectivity index (χ1v) is 7.65. The Labute approximate surface area is 99.1 Å². The second kappa shape index (κ2) is 5.51. The monoisotopic (exact) mass is 291 g/mol. The van der Waals surface area contributed by atoms with Crippen LogP contribution in [0.2, 0.25) is 0 Å².